The summed E-state index contributed by atoms with van der Waals surface area (Å²) in [5.74, 6) is -0.662. The largest absolute Gasteiger partial charge is 0.505 e. The summed E-state index contributed by atoms with van der Waals surface area (Å²) in [7, 11) is 0. The molecule has 10 nitrogen and oxygen atoms in total. The van der Waals surface area contributed by atoms with E-state index in [0.29, 0.717) is 28.3 Å². The van der Waals surface area contributed by atoms with Crippen molar-refractivity contribution >= 4 is 52.6 Å². The number of nitrogens with zero attached hydrogens (tertiary/aromatic N) is 4. The molecule has 66 heavy (non-hydrogen) atoms. The van der Waals surface area contributed by atoms with Gasteiger partial charge in [0.25, 0.3) is 5.91 Å². The molecule has 332 valence electrons. The maximum atomic E-state index is 12.5. The van der Waals surface area contributed by atoms with Gasteiger partial charge in [-0.1, -0.05) is 183 Å². The van der Waals surface area contributed by atoms with Crippen molar-refractivity contribution in [2.45, 2.75) is 33.7 Å². The Kier molecular flexibility index (Phi) is 19.4. The summed E-state index contributed by atoms with van der Waals surface area (Å²) >= 11 is 0. The number of hydrogen-bond donors (Lipinski definition) is 5. The molecule has 0 fully saturated rings. The van der Waals surface area contributed by atoms with Crippen molar-refractivity contribution in [2.75, 3.05) is 5.32 Å². The number of anilines is 1. The lowest BCUT2D eigenvalue weighted by Gasteiger charge is -2.17. The molecule has 7 rings (SSSR count). The number of aryl methyl sites for hydroxylation is 1. The molecule has 10 heteroatoms. The standard InChI is InChI=1S/C30H27N3O2.C24H21N3O2.C2H6/c1-22-14-16-23(17-15-22)8-5-6-9-24-18-20-26(21-19-24)31-32-28-13-7-12-27(30(28)34)29(33-35)25-10-3-2-4-11-25;1-2-3-5-9-18-14-16-20(17-15-18)26-27-22-13-8-12-21(23(22)28)24(29)25-19-10-6-4-7-11-19;1-2/h2-21,29,33-35H,1H3;2-17,28H,1H3,(H,25,29);1-2H3/b8-5+,9-6+,32-31?;3-2+,9-5+,27-26?;. The van der Waals surface area contributed by atoms with Crippen LogP contribution in [0.3, 0.4) is 0 Å². The Balaban J connectivity index is 0.000000243. The Morgan fingerprint density at radius 2 is 1.00 bits per heavy atom. The molecule has 0 aliphatic rings. The summed E-state index contributed by atoms with van der Waals surface area (Å²) in [5, 5.41) is 50.4. The molecular weight excluding hydrogens is 821 g/mol. The van der Waals surface area contributed by atoms with E-state index in [2.05, 4.69) is 68.5 Å². The fourth-order valence-electron chi connectivity index (χ4n) is 6.16. The normalized spacial score (nSPS) is 11.8. The summed E-state index contributed by atoms with van der Waals surface area (Å²) in [5.41, 5.74) is 10.7. The first-order valence-electron chi connectivity index (χ1n) is 21.5. The minimum absolute atomic E-state index is 0.0356. The highest BCUT2D eigenvalue weighted by molar-refractivity contribution is 6.07. The highest BCUT2D eigenvalue weighted by Gasteiger charge is 2.19. The second kappa shape index (κ2) is 26.3. The zero-order chi connectivity index (χ0) is 46.9. The van der Waals surface area contributed by atoms with Crippen molar-refractivity contribution in [3.63, 3.8) is 0 Å². The number of hydrogen-bond acceptors (Lipinski definition) is 9. The molecule has 5 N–H and O–H groups in total. The van der Waals surface area contributed by atoms with E-state index in [4.69, 9.17) is 0 Å². The van der Waals surface area contributed by atoms with Crippen LogP contribution in [-0.2, 0) is 0 Å². The van der Waals surface area contributed by atoms with Crippen molar-refractivity contribution in [1.29, 1.82) is 0 Å². The Hall–Kier alpha value is -8.31. The third-order valence-corrected chi connectivity index (χ3v) is 9.60. The summed E-state index contributed by atoms with van der Waals surface area (Å²) in [6.45, 7) is 8.04. The maximum absolute atomic E-state index is 12.5. The van der Waals surface area contributed by atoms with Gasteiger partial charge in [0.1, 0.15) is 17.1 Å². The number of carbonyl (C=O) groups excluding carboxylic acids is 1. The topological polar surface area (TPSA) is 151 Å². The molecule has 0 aromatic heterocycles. The van der Waals surface area contributed by atoms with Crippen molar-refractivity contribution in [1.82, 2.24) is 5.48 Å². The average Bonchev–Trinajstić information content (AvgIpc) is 3.36. The minimum Gasteiger partial charge on any atom is -0.505 e. The van der Waals surface area contributed by atoms with Crippen LogP contribution in [-0.4, -0.2) is 21.3 Å². The van der Waals surface area contributed by atoms with Gasteiger partial charge in [-0.05, 0) is 90.7 Å². The lowest BCUT2D eigenvalue weighted by atomic mass is 9.98. The van der Waals surface area contributed by atoms with Gasteiger partial charge in [0.15, 0.2) is 5.75 Å². The lowest BCUT2D eigenvalue weighted by Crippen LogP contribution is -2.18. The van der Waals surface area contributed by atoms with Gasteiger partial charge >= 0.3 is 0 Å². The number of rotatable bonds is 14. The number of aromatic hydroxyl groups is 2. The number of para-hydroxylation sites is 3. The Bertz CT molecular complexity index is 2760. The van der Waals surface area contributed by atoms with Crippen LogP contribution in [0.1, 0.15) is 70.6 Å². The number of allylic oxidation sites excluding steroid dienone is 5. The van der Waals surface area contributed by atoms with Crippen molar-refractivity contribution in [3.8, 4) is 11.5 Å². The Morgan fingerprint density at radius 3 is 1.52 bits per heavy atom. The Labute approximate surface area is 387 Å². The monoisotopic (exact) mass is 874 g/mol. The minimum atomic E-state index is -0.586. The third-order valence-electron chi connectivity index (χ3n) is 9.60. The van der Waals surface area contributed by atoms with E-state index < -0.39 is 11.9 Å². The van der Waals surface area contributed by atoms with E-state index in [1.54, 1.807) is 48.5 Å². The predicted octanol–water partition coefficient (Wildman–Crippen LogP) is 15.6. The average molecular weight is 875 g/mol. The number of carbonyl (C=O) groups is 1. The van der Waals surface area contributed by atoms with Gasteiger partial charge in [0.2, 0.25) is 0 Å². The fraction of sp³-hybridized carbons (Fsp3) is 0.0893. The zero-order valence-corrected chi connectivity index (χ0v) is 37.4. The first-order valence-corrected chi connectivity index (χ1v) is 21.5. The molecule has 7 aromatic carbocycles. The van der Waals surface area contributed by atoms with Crippen LogP contribution in [0.5, 0.6) is 11.5 Å². The lowest BCUT2D eigenvalue weighted by molar-refractivity contribution is 0.102. The molecule has 0 saturated heterocycles. The van der Waals surface area contributed by atoms with Crippen LogP contribution in [0.4, 0.5) is 28.4 Å². The van der Waals surface area contributed by atoms with Gasteiger partial charge in [0.05, 0.1) is 23.0 Å². The molecule has 0 saturated carbocycles. The number of benzene rings is 7. The van der Waals surface area contributed by atoms with Crippen LogP contribution in [0.2, 0.25) is 0 Å². The summed E-state index contributed by atoms with van der Waals surface area (Å²) in [6.07, 6.45) is 16.0. The molecule has 1 atom stereocenters. The van der Waals surface area contributed by atoms with Crippen LogP contribution in [0, 0.1) is 6.92 Å². The molecule has 0 bridgehead atoms. The predicted molar refractivity (Wildman–Crippen MR) is 269 cm³/mol. The smallest absolute Gasteiger partial charge is 0.259 e. The molecule has 0 heterocycles. The molecule has 1 unspecified atom stereocenters. The van der Waals surface area contributed by atoms with Crippen molar-refractivity contribution in [2.24, 2.45) is 20.5 Å². The van der Waals surface area contributed by atoms with E-state index >= 15 is 0 Å². The molecule has 0 spiro atoms. The highest BCUT2D eigenvalue weighted by atomic mass is 16.5. The molecule has 0 aliphatic carbocycles. The van der Waals surface area contributed by atoms with Crippen LogP contribution >= 0.6 is 0 Å². The number of phenols is 2. The van der Waals surface area contributed by atoms with Crippen LogP contribution in [0.25, 0.3) is 18.2 Å². The van der Waals surface area contributed by atoms with Gasteiger partial charge in [0, 0.05) is 11.3 Å². The van der Waals surface area contributed by atoms with E-state index in [9.17, 15) is 20.2 Å². The van der Waals surface area contributed by atoms with Gasteiger partial charge in [-0.15, -0.1) is 10.2 Å². The molecule has 0 aliphatic heterocycles. The number of phenolic OH excluding ortho intramolecular Hbond substituents is 2. The number of nitrogens with one attached hydrogen (secondary N) is 2. The number of amides is 1. The number of hydroxylamine groups is 1. The molecule has 0 radical (unpaired) electrons. The van der Waals surface area contributed by atoms with E-state index in [1.807, 2.05) is 160 Å². The highest BCUT2D eigenvalue weighted by Crippen LogP contribution is 2.37. The van der Waals surface area contributed by atoms with Gasteiger partial charge in [-0.2, -0.15) is 15.7 Å². The quantitative estimate of drug-likeness (QED) is 0.0419. The molecule has 1 amide bonds. The second-order valence-corrected chi connectivity index (χ2v) is 14.3. The van der Waals surface area contributed by atoms with Gasteiger partial charge in [-0.3, -0.25) is 4.79 Å². The van der Waals surface area contributed by atoms with Gasteiger partial charge < -0.3 is 20.7 Å². The second-order valence-electron chi connectivity index (χ2n) is 14.3. The van der Waals surface area contributed by atoms with E-state index in [-0.39, 0.29) is 22.7 Å². The fourth-order valence-corrected chi connectivity index (χ4v) is 6.16. The molecular formula is C56H54N6O4. The zero-order valence-electron chi connectivity index (χ0n) is 37.4. The third kappa shape index (κ3) is 14.9. The van der Waals surface area contributed by atoms with Gasteiger partial charge in [-0.25, -0.2) is 0 Å². The maximum Gasteiger partial charge on any atom is 0.259 e. The first kappa shape index (κ1) is 48.7. The van der Waals surface area contributed by atoms with Crippen molar-refractivity contribution < 1.29 is 20.2 Å². The summed E-state index contributed by atoms with van der Waals surface area (Å²) < 4.78 is 0. The summed E-state index contributed by atoms with van der Waals surface area (Å²) in [6, 6.07) is 51.4. The molecule has 7 aromatic rings. The van der Waals surface area contributed by atoms with Crippen LogP contribution < -0.4 is 10.8 Å². The van der Waals surface area contributed by atoms with Crippen LogP contribution in [0.15, 0.2) is 221 Å². The van der Waals surface area contributed by atoms with Crippen molar-refractivity contribution in [3.05, 3.63) is 239 Å². The van der Waals surface area contributed by atoms with E-state index in [0.717, 1.165) is 22.3 Å². The Morgan fingerprint density at radius 1 is 0.530 bits per heavy atom. The van der Waals surface area contributed by atoms with E-state index in [1.165, 1.54) is 5.56 Å². The summed E-state index contributed by atoms with van der Waals surface area (Å²) in [4.78, 5) is 12.5. The first-order chi connectivity index (χ1) is 32.3. The SMILES string of the molecule is C/C=C/C=C/c1ccc(N=Nc2cccc(C(=O)Nc3ccccc3)c2O)cc1.CC.Cc1ccc(/C=C/C=C/c2ccc(N=Nc3cccc(C(NO)c4ccccc4)c3O)cc2)cc1. The number of azo groups is 2.